The van der Waals surface area contributed by atoms with Crippen LogP contribution in [-0.4, -0.2) is 19.4 Å². The Morgan fingerprint density at radius 3 is 1.73 bits per heavy atom. The first-order valence-electron chi connectivity index (χ1n) is 23.4. The molecule has 5 heteroatoms. The zero-order valence-electron chi connectivity index (χ0n) is 37.2. The molecule has 0 radical (unpaired) electrons. The number of hydrogen-bond acceptors (Lipinski definition) is 2. The highest BCUT2D eigenvalue weighted by atomic mass is 28.3. The van der Waals surface area contributed by atoms with E-state index in [2.05, 4.69) is 248 Å². The van der Waals surface area contributed by atoms with Gasteiger partial charge in [-0.05, 0) is 115 Å². The van der Waals surface area contributed by atoms with Crippen LogP contribution in [0.25, 0.3) is 49.7 Å². The third-order valence-electron chi connectivity index (χ3n) is 14.9. The Balaban J connectivity index is 1.13. The maximum atomic E-state index is 7.40. The van der Waals surface area contributed by atoms with Crippen molar-refractivity contribution < 1.29 is 4.74 Å². The fraction of sp³-hybridized carbons (Fsp3) is 0.0323. The smallest absolute Gasteiger partial charge is 0.256 e. The number of aromatic nitrogens is 1. The highest BCUT2D eigenvalue weighted by Crippen LogP contribution is 2.47. The van der Waals surface area contributed by atoms with E-state index in [0.29, 0.717) is 0 Å². The first-order valence-corrected chi connectivity index (χ1v) is 25.4. The van der Waals surface area contributed by atoms with Crippen LogP contribution in [-0.2, 0) is 0 Å². The second kappa shape index (κ2) is 14.4. The minimum atomic E-state index is -2.83. The summed E-state index contributed by atoms with van der Waals surface area (Å²) in [5, 5.41) is 8.13. The molecule has 0 saturated heterocycles. The van der Waals surface area contributed by atoms with Crippen LogP contribution >= 0.6 is 0 Å². The molecule has 0 spiro atoms. The van der Waals surface area contributed by atoms with Crippen molar-refractivity contribution >= 4 is 90.8 Å². The van der Waals surface area contributed by atoms with E-state index in [1.54, 1.807) is 0 Å². The summed E-state index contributed by atoms with van der Waals surface area (Å²) in [5.41, 5.74) is 18.0. The highest BCUT2D eigenvalue weighted by Gasteiger charge is 2.51. The van der Waals surface area contributed by atoms with Crippen molar-refractivity contribution in [1.82, 2.24) is 4.57 Å². The van der Waals surface area contributed by atoms with E-state index in [1.807, 2.05) is 0 Å². The van der Waals surface area contributed by atoms with Crippen LogP contribution in [0.4, 0.5) is 17.1 Å². The van der Waals surface area contributed by atoms with Gasteiger partial charge >= 0.3 is 0 Å². The number of anilines is 3. The Morgan fingerprint density at radius 1 is 0.433 bits per heavy atom. The monoisotopic (exact) mass is 870 g/mol. The Bertz CT molecular complexity index is 3710. The summed E-state index contributed by atoms with van der Waals surface area (Å²) in [7, 11) is -2.83. The molecule has 0 fully saturated rings. The van der Waals surface area contributed by atoms with Crippen molar-refractivity contribution in [3.8, 4) is 39.4 Å². The van der Waals surface area contributed by atoms with Gasteiger partial charge in [0, 0.05) is 28.2 Å². The molecule has 0 N–H and O–H groups in total. The lowest BCUT2D eigenvalue weighted by atomic mass is 9.34. The molecule has 1 aromatic heterocycles. The van der Waals surface area contributed by atoms with Gasteiger partial charge in [-0.2, -0.15) is 0 Å². The molecule has 0 aliphatic carbocycles. The molecule has 314 valence electrons. The van der Waals surface area contributed by atoms with E-state index in [9.17, 15) is 0 Å². The standard InChI is InChI=1S/C62H43BN2OSi/c1-40-19-18-20-41(2)62(40)65-55-38-50-49-29-14-17-32-59(49)67(45-23-8-4-9-24-45,46-25-10-5-11-26-46)60(50)39-52(55)63-51-34-33-43(42-21-6-3-7-22-42)35-57(51)66-58-37-44(36-56(65)61(58)63)64-53-30-15-12-27-47(53)48-28-13-16-31-54(48)64/h3-39H,1-2H3. The maximum absolute atomic E-state index is 7.40. The van der Waals surface area contributed by atoms with Crippen molar-refractivity contribution in [1.29, 1.82) is 0 Å². The maximum Gasteiger partial charge on any atom is 0.256 e. The Morgan fingerprint density at radius 2 is 1.04 bits per heavy atom. The third-order valence-corrected chi connectivity index (χ3v) is 19.8. The van der Waals surface area contributed by atoms with Crippen molar-refractivity contribution in [2.45, 2.75) is 13.8 Å². The minimum Gasteiger partial charge on any atom is -0.458 e. The van der Waals surface area contributed by atoms with Crippen LogP contribution in [0.5, 0.6) is 11.5 Å². The van der Waals surface area contributed by atoms with E-state index in [4.69, 9.17) is 4.74 Å². The molecule has 0 saturated carbocycles. The van der Waals surface area contributed by atoms with Gasteiger partial charge in [-0.25, -0.2) is 0 Å². The van der Waals surface area contributed by atoms with Gasteiger partial charge < -0.3 is 14.2 Å². The second-order valence-electron chi connectivity index (χ2n) is 18.5. The fourth-order valence-corrected chi connectivity index (χ4v) is 17.4. The highest BCUT2D eigenvalue weighted by molar-refractivity contribution is 7.22. The molecule has 0 amide bonds. The zero-order chi connectivity index (χ0) is 44.4. The number of aryl methyl sites for hydroxylation is 2. The molecule has 0 bridgehead atoms. The van der Waals surface area contributed by atoms with Crippen LogP contribution in [0.15, 0.2) is 224 Å². The fourth-order valence-electron chi connectivity index (χ4n) is 12.2. The molecule has 3 aliphatic rings. The van der Waals surface area contributed by atoms with Gasteiger partial charge in [0.25, 0.3) is 6.71 Å². The Kier molecular flexibility index (Phi) is 8.23. The quantitative estimate of drug-likeness (QED) is 0.160. The molecule has 3 nitrogen and oxygen atoms in total. The predicted molar refractivity (Wildman–Crippen MR) is 284 cm³/mol. The minimum absolute atomic E-state index is 0.103. The van der Waals surface area contributed by atoms with E-state index < -0.39 is 8.07 Å². The van der Waals surface area contributed by atoms with Crippen molar-refractivity contribution in [3.63, 3.8) is 0 Å². The summed E-state index contributed by atoms with van der Waals surface area (Å²) in [6.07, 6.45) is 0. The van der Waals surface area contributed by atoms with E-state index >= 15 is 0 Å². The summed E-state index contributed by atoms with van der Waals surface area (Å²) in [5.74, 6) is 1.78. The second-order valence-corrected chi connectivity index (χ2v) is 22.2. The summed E-state index contributed by atoms with van der Waals surface area (Å²) < 4.78 is 9.84. The van der Waals surface area contributed by atoms with Crippen molar-refractivity contribution in [2.24, 2.45) is 0 Å². The lowest BCUT2D eigenvalue weighted by Gasteiger charge is -2.42. The largest absolute Gasteiger partial charge is 0.458 e. The number of benzene rings is 10. The van der Waals surface area contributed by atoms with Crippen LogP contribution in [0.2, 0.25) is 0 Å². The van der Waals surface area contributed by atoms with Crippen LogP contribution in [0, 0.1) is 13.8 Å². The molecular formula is C62H43BN2OSi. The van der Waals surface area contributed by atoms with E-state index in [1.165, 1.54) is 98.1 Å². The van der Waals surface area contributed by atoms with Crippen molar-refractivity contribution in [3.05, 3.63) is 236 Å². The van der Waals surface area contributed by atoms with Gasteiger partial charge in [-0.3, -0.25) is 0 Å². The molecule has 67 heavy (non-hydrogen) atoms. The van der Waals surface area contributed by atoms with Gasteiger partial charge in [0.1, 0.15) is 11.5 Å². The average Bonchev–Trinajstić information content (AvgIpc) is 3.87. The summed E-state index contributed by atoms with van der Waals surface area (Å²) in [6.45, 7) is 4.42. The van der Waals surface area contributed by atoms with Gasteiger partial charge in [0.2, 0.25) is 0 Å². The van der Waals surface area contributed by atoms with Crippen molar-refractivity contribution in [2.75, 3.05) is 4.90 Å². The summed E-state index contributed by atoms with van der Waals surface area (Å²) in [4.78, 5) is 2.59. The van der Waals surface area contributed by atoms with Gasteiger partial charge in [-0.15, -0.1) is 0 Å². The first kappa shape index (κ1) is 38.2. The molecular weight excluding hydrogens is 828 g/mol. The molecule has 14 rings (SSSR count). The number of hydrogen-bond donors (Lipinski definition) is 0. The molecule has 10 aromatic carbocycles. The normalized spacial score (nSPS) is 13.7. The average molecular weight is 871 g/mol. The number of nitrogens with zero attached hydrogens (tertiary/aromatic N) is 2. The zero-order valence-corrected chi connectivity index (χ0v) is 38.2. The van der Waals surface area contributed by atoms with E-state index in [0.717, 1.165) is 28.4 Å². The topological polar surface area (TPSA) is 17.4 Å². The van der Waals surface area contributed by atoms with Gasteiger partial charge in [0.05, 0.1) is 22.4 Å². The molecule has 4 heterocycles. The van der Waals surface area contributed by atoms with Crippen LogP contribution < -0.4 is 46.8 Å². The number of ether oxygens (including phenoxy) is 1. The van der Waals surface area contributed by atoms with Crippen LogP contribution in [0.3, 0.4) is 0 Å². The Labute approximate surface area is 391 Å². The van der Waals surface area contributed by atoms with Gasteiger partial charge in [0.15, 0.2) is 8.07 Å². The van der Waals surface area contributed by atoms with Gasteiger partial charge in [-0.1, -0.05) is 188 Å². The lowest BCUT2D eigenvalue weighted by molar-refractivity contribution is 0.487. The Hall–Kier alpha value is -8.12. The molecule has 0 unspecified atom stereocenters. The lowest BCUT2D eigenvalue weighted by Crippen LogP contribution is -2.73. The van der Waals surface area contributed by atoms with Crippen LogP contribution in [0.1, 0.15) is 11.1 Å². The SMILES string of the molecule is Cc1cccc(C)c1N1c2cc3c(cc2B2c4ccc(-c5ccccc5)cc4Oc4cc(-n5c6ccccc6c6ccccc65)cc1c42)[Si](c1ccccc1)(c1ccccc1)c1ccccc1-3. The predicted octanol–water partition coefficient (Wildman–Crippen LogP) is 10.8. The van der Waals surface area contributed by atoms with E-state index in [-0.39, 0.29) is 6.71 Å². The first-order chi connectivity index (χ1) is 33.1. The molecule has 11 aromatic rings. The number of fused-ring (bicyclic) bond motifs is 10. The third kappa shape index (κ3) is 5.35. The summed E-state index contributed by atoms with van der Waals surface area (Å²) >= 11 is 0. The number of para-hydroxylation sites is 3. The molecule has 0 atom stereocenters. The summed E-state index contributed by atoms with van der Waals surface area (Å²) in [6, 6.07) is 83.9. The number of rotatable bonds is 5. The molecule has 3 aliphatic heterocycles.